The normalized spacial score (nSPS) is 11.3. The first-order valence-corrected chi connectivity index (χ1v) is 14.2. The van der Waals surface area contributed by atoms with Crippen molar-refractivity contribution >= 4 is 65.2 Å². The molecule has 0 fully saturated rings. The number of rotatable bonds is 9. The number of aryl methyl sites for hydroxylation is 1. The molecule has 5 aromatic rings. The van der Waals surface area contributed by atoms with Crippen LogP contribution in [0.1, 0.15) is 64.4 Å². The second-order valence-corrected chi connectivity index (χ2v) is 11.0. The quantitative estimate of drug-likeness (QED) is 0.122. The first-order valence-electron chi connectivity index (χ1n) is 12.6. The minimum Gasteiger partial charge on any atom is -0.340 e. The third kappa shape index (κ3) is 5.07. The van der Waals surface area contributed by atoms with E-state index < -0.39 is 0 Å². The zero-order chi connectivity index (χ0) is 25.9. The van der Waals surface area contributed by atoms with Gasteiger partial charge in [0.05, 0.1) is 11.0 Å². The molecule has 0 amide bonds. The van der Waals surface area contributed by atoms with E-state index in [9.17, 15) is 9.59 Å². The summed E-state index contributed by atoms with van der Waals surface area (Å²) in [5.74, 6) is -0.0631. The first kappa shape index (κ1) is 25.6. The number of unbranched alkanes of at least 4 members (excludes halogenated alkanes) is 3. The van der Waals surface area contributed by atoms with Crippen molar-refractivity contribution in [3.05, 3.63) is 116 Å². The lowest BCUT2D eigenvalue weighted by Gasteiger charge is -2.10. The van der Waals surface area contributed by atoms with Crippen molar-refractivity contribution in [3.8, 4) is 0 Å². The largest absolute Gasteiger partial charge is 0.340 e. The molecule has 0 N–H and O–H groups in total. The van der Waals surface area contributed by atoms with Gasteiger partial charge in [-0.25, -0.2) is 0 Å². The maximum Gasteiger partial charge on any atom is 0.194 e. The summed E-state index contributed by atoms with van der Waals surface area (Å²) >= 11 is 7.37. The number of ketones is 2. The van der Waals surface area contributed by atoms with E-state index in [0.29, 0.717) is 22.3 Å². The molecule has 0 bridgehead atoms. The third-order valence-corrected chi connectivity index (χ3v) is 8.15. The average molecular weight is 617 g/mol. The fraction of sp³-hybridized carbons (Fsp3) is 0.188. The molecule has 0 saturated heterocycles. The van der Waals surface area contributed by atoms with Crippen LogP contribution in [0.15, 0.2) is 93.9 Å². The summed E-state index contributed by atoms with van der Waals surface area (Å²) < 4.78 is 3.86. The molecule has 1 aromatic heterocycles. The van der Waals surface area contributed by atoms with E-state index in [1.165, 1.54) is 12.8 Å². The summed E-state index contributed by atoms with van der Waals surface area (Å²) in [7, 11) is 0. The van der Waals surface area contributed by atoms with Gasteiger partial charge in [-0.15, -0.1) is 0 Å². The second-order valence-electron chi connectivity index (χ2n) is 9.30. The first-order chi connectivity index (χ1) is 18.0. The maximum absolute atomic E-state index is 13.4. The van der Waals surface area contributed by atoms with E-state index in [4.69, 9.17) is 0 Å². The van der Waals surface area contributed by atoms with Gasteiger partial charge in [0, 0.05) is 48.5 Å². The highest BCUT2D eigenvalue weighted by atomic mass is 79.9. The van der Waals surface area contributed by atoms with Crippen molar-refractivity contribution in [2.45, 2.75) is 39.2 Å². The van der Waals surface area contributed by atoms with E-state index in [1.54, 1.807) is 0 Å². The van der Waals surface area contributed by atoms with Gasteiger partial charge < -0.3 is 4.57 Å². The predicted molar refractivity (Wildman–Crippen MR) is 159 cm³/mol. The molecule has 37 heavy (non-hydrogen) atoms. The van der Waals surface area contributed by atoms with E-state index in [1.807, 2.05) is 72.8 Å². The number of benzene rings is 4. The lowest BCUT2D eigenvalue weighted by molar-refractivity contribution is 0.103. The Labute approximate surface area is 233 Å². The smallest absolute Gasteiger partial charge is 0.194 e. The Kier molecular flexibility index (Phi) is 7.73. The Morgan fingerprint density at radius 2 is 1.11 bits per heavy atom. The Hall–Kier alpha value is -3.02. The van der Waals surface area contributed by atoms with Gasteiger partial charge in [0.2, 0.25) is 0 Å². The van der Waals surface area contributed by atoms with Crippen LogP contribution in [0.4, 0.5) is 0 Å². The Bertz CT molecular complexity index is 1490. The highest BCUT2D eigenvalue weighted by Gasteiger charge is 2.21. The molecule has 0 aliphatic heterocycles. The van der Waals surface area contributed by atoms with E-state index in [-0.39, 0.29) is 11.6 Å². The number of halogens is 2. The average Bonchev–Trinajstić information content (AvgIpc) is 3.21. The molecule has 3 nitrogen and oxygen atoms in total. The van der Waals surface area contributed by atoms with Gasteiger partial charge in [0.1, 0.15) is 0 Å². The number of hydrogen-bond donors (Lipinski definition) is 0. The molecule has 0 saturated carbocycles. The minimum atomic E-state index is -0.0316. The molecular formula is C32H27Br2NO2. The monoisotopic (exact) mass is 615 g/mol. The molecule has 1 heterocycles. The van der Waals surface area contributed by atoms with Gasteiger partial charge in [0.15, 0.2) is 11.6 Å². The molecule has 5 heteroatoms. The maximum atomic E-state index is 13.4. The number of hydrogen-bond acceptors (Lipinski definition) is 2. The zero-order valence-corrected chi connectivity index (χ0v) is 23.8. The van der Waals surface area contributed by atoms with Crippen LogP contribution in [0.2, 0.25) is 0 Å². The predicted octanol–water partition coefficient (Wildman–Crippen LogP) is 9.36. The summed E-state index contributed by atoms with van der Waals surface area (Å²) in [6, 6.07) is 26.7. The van der Waals surface area contributed by atoms with Crippen molar-refractivity contribution in [2.24, 2.45) is 0 Å². The van der Waals surface area contributed by atoms with Crippen LogP contribution in [0.3, 0.4) is 0 Å². The number of carbonyl (C=O) groups excluding carboxylic acids is 2. The van der Waals surface area contributed by atoms with Gasteiger partial charge in [-0.1, -0.05) is 86.8 Å². The number of aromatic nitrogens is 1. The summed E-state index contributed by atoms with van der Waals surface area (Å²) in [4.78, 5) is 26.8. The Morgan fingerprint density at radius 3 is 1.54 bits per heavy atom. The molecule has 0 radical (unpaired) electrons. The lowest BCUT2D eigenvalue weighted by Crippen LogP contribution is -2.03. The van der Waals surface area contributed by atoms with Crippen molar-refractivity contribution in [1.29, 1.82) is 0 Å². The van der Waals surface area contributed by atoms with Gasteiger partial charge in [-0.3, -0.25) is 9.59 Å². The lowest BCUT2D eigenvalue weighted by atomic mass is 9.99. The highest BCUT2D eigenvalue weighted by molar-refractivity contribution is 9.10. The summed E-state index contributed by atoms with van der Waals surface area (Å²) in [5.41, 5.74) is 4.63. The van der Waals surface area contributed by atoms with Gasteiger partial charge in [-0.05, 0) is 62.5 Å². The van der Waals surface area contributed by atoms with Crippen LogP contribution in [-0.2, 0) is 6.54 Å². The van der Waals surface area contributed by atoms with Crippen molar-refractivity contribution in [2.75, 3.05) is 0 Å². The van der Waals surface area contributed by atoms with Crippen LogP contribution in [0.5, 0.6) is 0 Å². The highest BCUT2D eigenvalue weighted by Crippen LogP contribution is 2.37. The van der Waals surface area contributed by atoms with Crippen LogP contribution >= 0.6 is 31.9 Å². The summed E-state index contributed by atoms with van der Waals surface area (Å²) in [6.45, 7) is 3.09. The Balaban J connectivity index is 1.71. The van der Waals surface area contributed by atoms with E-state index in [2.05, 4.69) is 55.5 Å². The van der Waals surface area contributed by atoms with Crippen LogP contribution in [0.25, 0.3) is 21.8 Å². The molecule has 186 valence electrons. The molecule has 0 spiro atoms. The van der Waals surface area contributed by atoms with E-state index in [0.717, 1.165) is 50.1 Å². The van der Waals surface area contributed by atoms with E-state index >= 15 is 0 Å². The standard InChI is InChI=1S/C32H27Br2NO2/c1-2-3-4-11-16-35-29-19-27(33)25(31(36)21-12-7-5-8-13-21)17-23(29)24-18-26(28(34)20-30(24)35)32(37)22-14-9-6-10-15-22/h5-10,12-15,17-20H,2-4,11,16H2,1H3. The third-order valence-electron chi connectivity index (χ3n) is 6.84. The molecule has 0 aliphatic rings. The topological polar surface area (TPSA) is 39.1 Å². The number of fused-ring (bicyclic) bond motifs is 3. The summed E-state index contributed by atoms with van der Waals surface area (Å²) in [5, 5.41) is 1.95. The van der Waals surface area contributed by atoms with Crippen LogP contribution in [0, 0.1) is 0 Å². The second kappa shape index (κ2) is 11.2. The summed E-state index contributed by atoms with van der Waals surface area (Å²) in [6.07, 6.45) is 4.61. The molecule has 5 rings (SSSR count). The molecular weight excluding hydrogens is 590 g/mol. The van der Waals surface area contributed by atoms with Gasteiger partial charge >= 0.3 is 0 Å². The van der Waals surface area contributed by atoms with Crippen LogP contribution in [-0.4, -0.2) is 16.1 Å². The molecule has 4 aromatic carbocycles. The molecule has 0 aliphatic carbocycles. The zero-order valence-electron chi connectivity index (χ0n) is 20.6. The van der Waals surface area contributed by atoms with Crippen molar-refractivity contribution in [1.82, 2.24) is 4.57 Å². The fourth-order valence-electron chi connectivity index (χ4n) is 4.91. The van der Waals surface area contributed by atoms with Crippen LogP contribution < -0.4 is 0 Å². The minimum absolute atomic E-state index is 0.0316. The molecule has 0 unspecified atom stereocenters. The van der Waals surface area contributed by atoms with Gasteiger partial charge in [-0.2, -0.15) is 0 Å². The number of carbonyl (C=O) groups is 2. The SMILES string of the molecule is CCCCCCn1c2cc(Br)c(C(=O)c3ccccc3)cc2c2cc(C(=O)c3ccccc3)c(Br)cc21. The number of nitrogens with zero attached hydrogens (tertiary/aromatic N) is 1. The van der Waals surface area contributed by atoms with Crippen molar-refractivity contribution < 1.29 is 9.59 Å². The Morgan fingerprint density at radius 1 is 0.649 bits per heavy atom. The van der Waals surface area contributed by atoms with Gasteiger partial charge in [0.25, 0.3) is 0 Å². The molecule has 0 atom stereocenters. The van der Waals surface area contributed by atoms with Crippen molar-refractivity contribution in [3.63, 3.8) is 0 Å². The fourth-order valence-corrected chi connectivity index (χ4v) is 5.93.